The van der Waals surface area contributed by atoms with E-state index in [2.05, 4.69) is 20.8 Å². The number of phenols is 1. The van der Waals surface area contributed by atoms with E-state index in [1.54, 1.807) is 12.1 Å². The largest absolute Gasteiger partial charge is 0.508 e. The molecule has 0 heterocycles. The van der Waals surface area contributed by atoms with Gasteiger partial charge in [-0.15, -0.1) is 0 Å². The van der Waals surface area contributed by atoms with E-state index in [4.69, 9.17) is 0 Å². The molecule has 1 aromatic rings. The van der Waals surface area contributed by atoms with Crippen LogP contribution < -0.4 is 0 Å². The van der Waals surface area contributed by atoms with Crippen molar-refractivity contribution in [3.63, 3.8) is 0 Å². The summed E-state index contributed by atoms with van der Waals surface area (Å²) in [4.78, 5) is 0. The zero-order chi connectivity index (χ0) is 12.0. The number of hydrogen-bond acceptors (Lipinski definition) is 1. The van der Waals surface area contributed by atoms with Crippen molar-refractivity contribution < 1.29 is 5.11 Å². The number of aryl methyl sites for hydroxylation is 1. The van der Waals surface area contributed by atoms with Crippen LogP contribution in [0.4, 0.5) is 0 Å². The molecule has 0 saturated heterocycles. The van der Waals surface area contributed by atoms with Gasteiger partial charge in [-0.3, -0.25) is 0 Å². The van der Waals surface area contributed by atoms with Crippen molar-refractivity contribution in [1.29, 1.82) is 0 Å². The van der Waals surface area contributed by atoms with Crippen LogP contribution in [-0.2, 0) is 6.42 Å². The maximum Gasteiger partial charge on any atom is 0.115 e. The van der Waals surface area contributed by atoms with Gasteiger partial charge < -0.3 is 5.11 Å². The smallest absolute Gasteiger partial charge is 0.115 e. The molecule has 1 heteroatoms. The Kier molecular flexibility index (Phi) is 5.37. The number of benzene rings is 1. The van der Waals surface area contributed by atoms with E-state index in [0.717, 1.165) is 18.3 Å². The first-order valence-corrected chi connectivity index (χ1v) is 6.45. The van der Waals surface area contributed by atoms with Crippen molar-refractivity contribution >= 4 is 0 Å². The Bertz CT molecular complexity index is 289. The summed E-state index contributed by atoms with van der Waals surface area (Å²) < 4.78 is 0. The normalized spacial score (nSPS) is 14.7. The van der Waals surface area contributed by atoms with E-state index in [9.17, 15) is 5.11 Å². The summed E-state index contributed by atoms with van der Waals surface area (Å²) in [5.74, 6) is 2.01. The molecule has 16 heavy (non-hydrogen) atoms. The van der Waals surface area contributed by atoms with Gasteiger partial charge in [0.25, 0.3) is 0 Å². The molecule has 2 atom stereocenters. The van der Waals surface area contributed by atoms with Gasteiger partial charge in [0.1, 0.15) is 5.75 Å². The average molecular weight is 220 g/mol. The second kappa shape index (κ2) is 6.57. The van der Waals surface area contributed by atoms with Crippen LogP contribution in [0.2, 0.25) is 0 Å². The van der Waals surface area contributed by atoms with Gasteiger partial charge in [-0.05, 0) is 42.4 Å². The molecule has 0 aliphatic rings. The molecule has 1 nitrogen and oxygen atoms in total. The molecule has 0 spiro atoms. The zero-order valence-corrected chi connectivity index (χ0v) is 10.7. The third kappa shape index (κ3) is 3.88. The Morgan fingerprint density at radius 2 is 1.69 bits per heavy atom. The van der Waals surface area contributed by atoms with E-state index in [1.165, 1.54) is 24.8 Å². The Hall–Kier alpha value is -0.980. The topological polar surface area (TPSA) is 20.2 Å². The van der Waals surface area contributed by atoms with Gasteiger partial charge in [0.2, 0.25) is 0 Å². The highest BCUT2D eigenvalue weighted by molar-refractivity contribution is 5.25. The predicted molar refractivity (Wildman–Crippen MR) is 69.7 cm³/mol. The summed E-state index contributed by atoms with van der Waals surface area (Å²) in [6.45, 7) is 6.91. The van der Waals surface area contributed by atoms with Crippen LogP contribution >= 0.6 is 0 Å². The van der Waals surface area contributed by atoms with Crippen molar-refractivity contribution in [3.05, 3.63) is 29.8 Å². The number of phenolic OH excluding ortho intramolecular Hbond substituents is 1. The van der Waals surface area contributed by atoms with E-state index >= 15 is 0 Å². The lowest BCUT2D eigenvalue weighted by molar-refractivity contribution is 0.318. The fourth-order valence-electron chi connectivity index (χ4n) is 2.24. The molecule has 1 rings (SSSR count). The molecule has 1 aromatic carbocycles. The van der Waals surface area contributed by atoms with Gasteiger partial charge in [0.05, 0.1) is 0 Å². The third-order valence-electron chi connectivity index (χ3n) is 3.71. The number of aromatic hydroxyl groups is 1. The summed E-state index contributed by atoms with van der Waals surface area (Å²) in [6.07, 6.45) is 4.93. The van der Waals surface area contributed by atoms with Crippen LogP contribution in [0.3, 0.4) is 0 Å². The molecule has 0 aliphatic carbocycles. The predicted octanol–water partition coefficient (Wildman–Crippen LogP) is 4.40. The van der Waals surface area contributed by atoms with Crippen molar-refractivity contribution in [2.24, 2.45) is 11.8 Å². The zero-order valence-electron chi connectivity index (χ0n) is 10.7. The quantitative estimate of drug-likeness (QED) is 0.753. The highest BCUT2D eigenvalue weighted by atomic mass is 16.3. The van der Waals surface area contributed by atoms with Gasteiger partial charge in [-0.1, -0.05) is 45.7 Å². The Morgan fingerprint density at radius 3 is 2.19 bits per heavy atom. The molecular weight excluding hydrogens is 196 g/mol. The first-order valence-electron chi connectivity index (χ1n) is 6.45. The van der Waals surface area contributed by atoms with Gasteiger partial charge in [-0.25, -0.2) is 0 Å². The van der Waals surface area contributed by atoms with Crippen LogP contribution in [0.5, 0.6) is 5.75 Å². The minimum atomic E-state index is 0.359. The van der Waals surface area contributed by atoms with Crippen molar-refractivity contribution in [3.8, 4) is 5.75 Å². The van der Waals surface area contributed by atoms with Gasteiger partial charge in [-0.2, -0.15) is 0 Å². The van der Waals surface area contributed by atoms with Gasteiger partial charge in [0.15, 0.2) is 0 Å². The van der Waals surface area contributed by atoms with Crippen LogP contribution in [-0.4, -0.2) is 5.11 Å². The minimum absolute atomic E-state index is 0.359. The molecule has 0 aliphatic heterocycles. The molecule has 0 bridgehead atoms. The molecule has 0 radical (unpaired) electrons. The first kappa shape index (κ1) is 13.1. The monoisotopic (exact) mass is 220 g/mol. The molecule has 0 amide bonds. The number of rotatable bonds is 6. The molecule has 0 saturated carbocycles. The molecule has 2 unspecified atom stereocenters. The molecule has 0 aromatic heterocycles. The summed E-state index contributed by atoms with van der Waals surface area (Å²) in [5, 5.41) is 9.21. The summed E-state index contributed by atoms with van der Waals surface area (Å²) in [5.41, 5.74) is 1.33. The Balaban J connectivity index is 2.46. The Labute approximate surface area is 99.5 Å². The van der Waals surface area contributed by atoms with Crippen molar-refractivity contribution in [1.82, 2.24) is 0 Å². The van der Waals surface area contributed by atoms with Crippen molar-refractivity contribution in [2.45, 2.75) is 46.5 Å². The first-order chi connectivity index (χ1) is 7.67. The fourth-order valence-corrected chi connectivity index (χ4v) is 2.24. The van der Waals surface area contributed by atoms with Crippen LogP contribution in [0.15, 0.2) is 24.3 Å². The molecule has 1 N–H and O–H groups in total. The number of hydrogen-bond donors (Lipinski definition) is 1. The molecular formula is C15H24O. The Morgan fingerprint density at radius 1 is 1.06 bits per heavy atom. The lowest BCUT2D eigenvalue weighted by Crippen LogP contribution is -2.11. The average Bonchev–Trinajstić information content (AvgIpc) is 2.31. The summed E-state index contributed by atoms with van der Waals surface area (Å²) in [6, 6.07) is 7.61. The lowest BCUT2D eigenvalue weighted by Gasteiger charge is -2.21. The van der Waals surface area contributed by atoms with E-state index in [-0.39, 0.29) is 0 Å². The maximum absolute atomic E-state index is 9.21. The summed E-state index contributed by atoms with van der Waals surface area (Å²) >= 11 is 0. The maximum atomic E-state index is 9.21. The highest BCUT2D eigenvalue weighted by Gasteiger charge is 2.13. The minimum Gasteiger partial charge on any atom is -0.508 e. The highest BCUT2D eigenvalue weighted by Crippen LogP contribution is 2.24. The summed E-state index contributed by atoms with van der Waals surface area (Å²) in [7, 11) is 0. The van der Waals surface area contributed by atoms with Crippen LogP contribution in [0.1, 0.15) is 45.6 Å². The van der Waals surface area contributed by atoms with Crippen molar-refractivity contribution in [2.75, 3.05) is 0 Å². The lowest BCUT2D eigenvalue weighted by atomic mass is 9.85. The molecule has 0 fully saturated rings. The van der Waals surface area contributed by atoms with E-state index in [0.29, 0.717) is 5.75 Å². The second-order valence-electron chi connectivity index (χ2n) is 4.76. The van der Waals surface area contributed by atoms with Gasteiger partial charge in [0, 0.05) is 0 Å². The SMILES string of the molecule is CCC(C)C(CC)CCc1ccc(O)cc1. The van der Waals surface area contributed by atoms with E-state index < -0.39 is 0 Å². The van der Waals surface area contributed by atoms with Crippen LogP contribution in [0, 0.1) is 11.8 Å². The van der Waals surface area contributed by atoms with Gasteiger partial charge >= 0.3 is 0 Å². The standard InChI is InChI=1S/C15H24O/c1-4-12(3)14(5-2)9-6-13-7-10-15(16)11-8-13/h7-8,10-12,14,16H,4-6,9H2,1-3H3. The van der Waals surface area contributed by atoms with E-state index in [1.807, 2.05) is 12.1 Å². The third-order valence-corrected chi connectivity index (χ3v) is 3.71. The second-order valence-corrected chi connectivity index (χ2v) is 4.76. The molecule has 90 valence electrons. The van der Waals surface area contributed by atoms with Crippen LogP contribution in [0.25, 0.3) is 0 Å². The fraction of sp³-hybridized carbons (Fsp3) is 0.600.